The van der Waals surface area contributed by atoms with Crippen LogP contribution in [-0.4, -0.2) is 42.2 Å². The first-order chi connectivity index (χ1) is 7.75. The van der Waals surface area contributed by atoms with E-state index in [1.807, 2.05) is 6.07 Å². The van der Waals surface area contributed by atoms with Crippen LogP contribution in [0.4, 0.5) is 0 Å². The van der Waals surface area contributed by atoms with Gasteiger partial charge in [-0.3, -0.25) is 0 Å². The monoisotopic (exact) mass is 224 g/mol. The first kappa shape index (κ1) is 11.4. The Morgan fingerprint density at radius 3 is 2.94 bits per heavy atom. The van der Waals surface area contributed by atoms with E-state index in [4.69, 9.17) is 9.47 Å². The van der Waals surface area contributed by atoms with Crippen LogP contribution in [0.5, 0.6) is 5.75 Å². The number of phenols is 1. The van der Waals surface area contributed by atoms with Crippen LogP contribution in [0.25, 0.3) is 0 Å². The number of benzene rings is 1. The largest absolute Gasteiger partial charge is 0.508 e. The second kappa shape index (κ2) is 5.30. The number of aliphatic hydroxyl groups is 1. The number of hydrogen-bond acceptors (Lipinski definition) is 4. The lowest BCUT2D eigenvalue weighted by Crippen LogP contribution is -2.39. The molecule has 0 radical (unpaired) electrons. The van der Waals surface area contributed by atoms with Crippen molar-refractivity contribution >= 4 is 0 Å². The average Bonchev–Trinajstić information content (AvgIpc) is 2.30. The highest BCUT2D eigenvalue weighted by atomic mass is 16.6. The lowest BCUT2D eigenvalue weighted by Gasteiger charge is -2.27. The van der Waals surface area contributed by atoms with Crippen molar-refractivity contribution in [3.05, 3.63) is 29.8 Å². The van der Waals surface area contributed by atoms with E-state index in [9.17, 15) is 10.2 Å². The third-order valence-electron chi connectivity index (χ3n) is 2.63. The number of phenolic OH excluding ortho intramolecular Hbond substituents is 1. The molecule has 1 aliphatic rings. The standard InChI is InChI=1S/C12H16O4/c13-10-3-1-2-9(6-10)7-11(14)12-8-15-4-5-16-12/h1-3,6,11-14H,4-5,7-8H2. The second-order valence-corrected chi connectivity index (χ2v) is 3.93. The van der Waals surface area contributed by atoms with Gasteiger partial charge in [-0.25, -0.2) is 0 Å². The van der Waals surface area contributed by atoms with Crippen molar-refractivity contribution in [2.75, 3.05) is 19.8 Å². The molecule has 88 valence electrons. The summed E-state index contributed by atoms with van der Waals surface area (Å²) in [6.45, 7) is 1.55. The quantitative estimate of drug-likeness (QED) is 0.794. The van der Waals surface area contributed by atoms with Gasteiger partial charge in [-0.1, -0.05) is 12.1 Å². The van der Waals surface area contributed by atoms with Gasteiger partial charge >= 0.3 is 0 Å². The third-order valence-corrected chi connectivity index (χ3v) is 2.63. The summed E-state index contributed by atoms with van der Waals surface area (Å²) >= 11 is 0. The fraction of sp³-hybridized carbons (Fsp3) is 0.500. The Bertz CT molecular complexity index is 334. The molecule has 0 aromatic heterocycles. The summed E-state index contributed by atoms with van der Waals surface area (Å²) in [6, 6.07) is 6.88. The first-order valence-corrected chi connectivity index (χ1v) is 5.41. The van der Waals surface area contributed by atoms with Crippen molar-refractivity contribution in [1.82, 2.24) is 0 Å². The summed E-state index contributed by atoms with van der Waals surface area (Å²) in [7, 11) is 0. The van der Waals surface area contributed by atoms with Gasteiger partial charge in [-0.15, -0.1) is 0 Å². The van der Waals surface area contributed by atoms with Crippen molar-refractivity contribution in [2.45, 2.75) is 18.6 Å². The van der Waals surface area contributed by atoms with Gasteiger partial charge in [0.1, 0.15) is 11.9 Å². The van der Waals surface area contributed by atoms with Crippen molar-refractivity contribution < 1.29 is 19.7 Å². The molecule has 4 heteroatoms. The molecular formula is C12H16O4. The molecule has 1 heterocycles. The first-order valence-electron chi connectivity index (χ1n) is 5.41. The normalized spacial score (nSPS) is 22.9. The molecule has 2 atom stereocenters. The fourth-order valence-corrected chi connectivity index (χ4v) is 1.78. The SMILES string of the molecule is Oc1cccc(CC(O)C2COCCO2)c1. The molecule has 2 N–H and O–H groups in total. The summed E-state index contributed by atoms with van der Waals surface area (Å²) < 4.78 is 10.6. The average molecular weight is 224 g/mol. The third kappa shape index (κ3) is 2.95. The van der Waals surface area contributed by atoms with Crippen LogP contribution in [0.2, 0.25) is 0 Å². The van der Waals surface area contributed by atoms with Gasteiger partial charge in [0.2, 0.25) is 0 Å². The van der Waals surface area contributed by atoms with Gasteiger partial charge in [0, 0.05) is 6.42 Å². The molecule has 0 spiro atoms. The Balaban J connectivity index is 1.93. The molecule has 2 rings (SSSR count). The number of aliphatic hydroxyl groups excluding tert-OH is 1. The van der Waals surface area contributed by atoms with Gasteiger partial charge in [-0.2, -0.15) is 0 Å². The van der Waals surface area contributed by atoms with Gasteiger partial charge in [0.05, 0.1) is 25.9 Å². The van der Waals surface area contributed by atoms with E-state index < -0.39 is 6.10 Å². The van der Waals surface area contributed by atoms with Crippen LogP contribution in [0.15, 0.2) is 24.3 Å². The summed E-state index contributed by atoms with van der Waals surface area (Å²) in [5.41, 5.74) is 0.890. The van der Waals surface area contributed by atoms with Crippen LogP contribution in [0.1, 0.15) is 5.56 Å². The molecule has 1 aromatic carbocycles. The van der Waals surface area contributed by atoms with Gasteiger partial charge in [0.15, 0.2) is 0 Å². The maximum absolute atomic E-state index is 9.93. The van der Waals surface area contributed by atoms with E-state index in [2.05, 4.69) is 0 Å². The molecule has 4 nitrogen and oxygen atoms in total. The second-order valence-electron chi connectivity index (χ2n) is 3.93. The number of aromatic hydroxyl groups is 1. The summed E-state index contributed by atoms with van der Waals surface area (Å²) in [5.74, 6) is 0.213. The zero-order valence-corrected chi connectivity index (χ0v) is 9.00. The highest BCUT2D eigenvalue weighted by molar-refractivity contribution is 5.27. The lowest BCUT2D eigenvalue weighted by molar-refractivity contribution is -0.131. The molecule has 0 amide bonds. The molecule has 0 bridgehead atoms. The van der Waals surface area contributed by atoms with E-state index >= 15 is 0 Å². The topological polar surface area (TPSA) is 58.9 Å². The van der Waals surface area contributed by atoms with Crippen LogP contribution in [-0.2, 0) is 15.9 Å². The Kier molecular flexibility index (Phi) is 3.77. The van der Waals surface area contributed by atoms with Gasteiger partial charge in [0.25, 0.3) is 0 Å². The highest BCUT2D eigenvalue weighted by Gasteiger charge is 2.23. The Labute approximate surface area is 94.4 Å². The van der Waals surface area contributed by atoms with E-state index in [1.54, 1.807) is 18.2 Å². The predicted octanol–water partition coefficient (Wildman–Crippen LogP) is 0.711. The Morgan fingerprint density at radius 1 is 1.38 bits per heavy atom. The predicted molar refractivity (Wildman–Crippen MR) is 58.4 cm³/mol. The van der Waals surface area contributed by atoms with Gasteiger partial charge in [-0.05, 0) is 17.7 Å². The molecule has 1 aromatic rings. The van der Waals surface area contributed by atoms with E-state index in [0.717, 1.165) is 5.56 Å². The zero-order valence-electron chi connectivity index (χ0n) is 9.00. The minimum atomic E-state index is -0.595. The molecule has 0 aliphatic carbocycles. The molecule has 2 unspecified atom stereocenters. The minimum absolute atomic E-state index is 0.213. The van der Waals surface area contributed by atoms with Crippen molar-refractivity contribution in [2.24, 2.45) is 0 Å². The van der Waals surface area contributed by atoms with Gasteiger partial charge < -0.3 is 19.7 Å². The highest BCUT2D eigenvalue weighted by Crippen LogP contribution is 2.15. The van der Waals surface area contributed by atoms with E-state index in [0.29, 0.717) is 26.2 Å². The zero-order chi connectivity index (χ0) is 11.4. The maximum Gasteiger partial charge on any atom is 0.115 e. The molecule has 1 saturated heterocycles. The lowest BCUT2D eigenvalue weighted by atomic mass is 10.0. The fourth-order valence-electron chi connectivity index (χ4n) is 1.78. The van der Waals surface area contributed by atoms with Crippen molar-refractivity contribution in [3.63, 3.8) is 0 Å². The van der Waals surface area contributed by atoms with Crippen LogP contribution < -0.4 is 0 Å². The smallest absolute Gasteiger partial charge is 0.115 e. The number of hydrogen-bond donors (Lipinski definition) is 2. The Morgan fingerprint density at radius 2 is 2.25 bits per heavy atom. The van der Waals surface area contributed by atoms with Crippen LogP contribution >= 0.6 is 0 Å². The molecule has 1 fully saturated rings. The molecular weight excluding hydrogens is 208 g/mol. The van der Waals surface area contributed by atoms with E-state index in [1.165, 1.54) is 0 Å². The molecule has 0 saturated carbocycles. The number of rotatable bonds is 3. The molecule has 1 aliphatic heterocycles. The van der Waals surface area contributed by atoms with Crippen molar-refractivity contribution in [3.8, 4) is 5.75 Å². The summed E-state index contributed by atoms with van der Waals surface area (Å²) in [4.78, 5) is 0. The number of ether oxygens (including phenoxy) is 2. The van der Waals surface area contributed by atoms with Crippen molar-refractivity contribution in [1.29, 1.82) is 0 Å². The van der Waals surface area contributed by atoms with E-state index in [-0.39, 0.29) is 11.9 Å². The minimum Gasteiger partial charge on any atom is -0.508 e. The molecule has 16 heavy (non-hydrogen) atoms. The summed E-state index contributed by atoms with van der Waals surface area (Å²) in [5, 5.41) is 19.2. The van der Waals surface area contributed by atoms with Crippen LogP contribution in [0, 0.1) is 0 Å². The Hall–Kier alpha value is -1.10. The van der Waals surface area contributed by atoms with Crippen LogP contribution in [0.3, 0.4) is 0 Å². The maximum atomic E-state index is 9.93. The summed E-state index contributed by atoms with van der Waals surface area (Å²) in [6.07, 6.45) is -0.402.